The lowest BCUT2D eigenvalue weighted by Gasteiger charge is -2.09. The molecular weight excluding hydrogens is 269 g/mol. The summed E-state index contributed by atoms with van der Waals surface area (Å²) in [5.41, 5.74) is 1.32. The maximum absolute atomic E-state index is 12.9. The number of carbonyl (C=O) groups excluding carboxylic acids is 1. The van der Waals surface area contributed by atoms with Crippen molar-refractivity contribution in [3.8, 4) is 11.8 Å². The van der Waals surface area contributed by atoms with Crippen LogP contribution in [0, 0.1) is 17.1 Å². The van der Waals surface area contributed by atoms with Crippen molar-refractivity contribution in [1.29, 1.82) is 5.26 Å². The van der Waals surface area contributed by atoms with E-state index in [-0.39, 0.29) is 12.2 Å². The lowest BCUT2D eigenvalue weighted by molar-refractivity contribution is -0.118. The first-order valence-electron chi connectivity index (χ1n) is 6.44. The summed E-state index contributed by atoms with van der Waals surface area (Å²) < 4.78 is 17.9. The van der Waals surface area contributed by atoms with Gasteiger partial charge in [-0.3, -0.25) is 4.79 Å². The molecule has 2 aromatic rings. The van der Waals surface area contributed by atoms with Gasteiger partial charge in [-0.1, -0.05) is 24.3 Å². The maximum atomic E-state index is 12.9. The first-order valence-corrected chi connectivity index (χ1v) is 6.44. The maximum Gasteiger partial charge on any atom is 0.158 e. The molecular formula is C17H14FNO2. The number of halogens is 1. The van der Waals surface area contributed by atoms with E-state index >= 15 is 0 Å². The molecule has 0 bridgehead atoms. The minimum Gasteiger partial charge on any atom is -0.497 e. The zero-order valence-electron chi connectivity index (χ0n) is 11.5. The molecule has 4 heteroatoms. The third kappa shape index (κ3) is 3.67. The number of Topliss-reactive ketones (excluding diaryl/α,β-unsaturated/α-hetero) is 1. The average Bonchev–Trinajstić information content (AvgIpc) is 2.50. The molecule has 0 fully saturated rings. The van der Waals surface area contributed by atoms with Gasteiger partial charge < -0.3 is 4.74 Å². The van der Waals surface area contributed by atoms with E-state index in [9.17, 15) is 14.4 Å². The van der Waals surface area contributed by atoms with Crippen LogP contribution < -0.4 is 4.74 Å². The number of benzene rings is 2. The highest BCUT2D eigenvalue weighted by atomic mass is 19.1. The molecule has 0 saturated heterocycles. The molecule has 106 valence electrons. The van der Waals surface area contributed by atoms with Crippen LogP contribution in [-0.4, -0.2) is 12.9 Å². The summed E-state index contributed by atoms with van der Waals surface area (Å²) in [6.45, 7) is 0. The number of nitriles is 1. The SMILES string of the molecule is COc1ccc(CC(=O)C(C#N)c2ccc(F)cc2)cc1. The monoisotopic (exact) mass is 283 g/mol. The van der Waals surface area contributed by atoms with E-state index in [0.717, 1.165) is 5.56 Å². The van der Waals surface area contributed by atoms with Crippen LogP contribution in [0.1, 0.15) is 17.0 Å². The predicted molar refractivity (Wildman–Crippen MR) is 76.5 cm³/mol. The summed E-state index contributed by atoms with van der Waals surface area (Å²) in [5, 5.41) is 9.19. The molecule has 2 rings (SSSR count). The van der Waals surface area contributed by atoms with Gasteiger partial charge in [0.1, 0.15) is 17.5 Å². The molecule has 0 heterocycles. The van der Waals surface area contributed by atoms with Gasteiger partial charge in [0.05, 0.1) is 13.2 Å². The van der Waals surface area contributed by atoms with Gasteiger partial charge in [0.2, 0.25) is 0 Å². The molecule has 0 N–H and O–H groups in total. The van der Waals surface area contributed by atoms with Crippen molar-refractivity contribution < 1.29 is 13.9 Å². The molecule has 21 heavy (non-hydrogen) atoms. The fourth-order valence-corrected chi connectivity index (χ4v) is 2.03. The van der Waals surface area contributed by atoms with Crippen molar-refractivity contribution in [2.75, 3.05) is 7.11 Å². The summed E-state index contributed by atoms with van der Waals surface area (Å²) in [6, 6.07) is 14.5. The van der Waals surface area contributed by atoms with E-state index in [1.165, 1.54) is 24.3 Å². The minimum absolute atomic E-state index is 0.152. The van der Waals surface area contributed by atoms with Gasteiger partial charge in [0.15, 0.2) is 5.78 Å². The van der Waals surface area contributed by atoms with Crippen molar-refractivity contribution in [2.24, 2.45) is 0 Å². The predicted octanol–water partition coefficient (Wildman–Crippen LogP) is 3.25. The fraction of sp³-hybridized carbons (Fsp3) is 0.176. The van der Waals surface area contributed by atoms with Crippen LogP contribution in [0.3, 0.4) is 0 Å². The van der Waals surface area contributed by atoms with Gasteiger partial charge in [0.25, 0.3) is 0 Å². The molecule has 0 aliphatic heterocycles. The standard InChI is InChI=1S/C17H14FNO2/c1-21-15-8-2-12(3-9-15)10-17(20)16(11-19)13-4-6-14(18)7-5-13/h2-9,16H,10H2,1H3. The molecule has 1 atom stereocenters. The van der Waals surface area contributed by atoms with E-state index in [1.54, 1.807) is 31.4 Å². The fourth-order valence-electron chi connectivity index (χ4n) is 2.03. The second kappa shape index (κ2) is 6.67. The van der Waals surface area contributed by atoms with Crippen molar-refractivity contribution in [2.45, 2.75) is 12.3 Å². The Morgan fingerprint density at radius 3 is 2.33 bits per heavy atom. The highest BCUT2D eigenvalue weighted by Gasteiger charge is 2.20. The van der Waals surface area contributed by atoms with Crippen molar-refractivity contribution in [1.82, 2.24) is 0 Å². The molecule has 0 aromatic heterocycles. The number of nitrogens with zero attached hydrogens (tertiary/aromatic N) is 1. The smallest absolute Gasteiger partial charge is 0.158 e. The van der Waals surface area contributed by atoms with Gasteiger partial charge in [0, 0.05) is 6.42 Å². The Hall–Kier alpha value is -2.67. The Kier molecular flexibility index (Phi) is 4.68. The second-order valence-electron chi connectivity index (χ2n) is 4.60. The minimum atomic E-state index is -0.882. The highest BCUT2D eigenvalue weighted by molar-refractivity contribution is 5.90. The normalized spacial score (nSPS) is 11.5. The van der Waals surface area contributed by atoms with E-state index in [1.807, 2.05) is 6.07 Å². The Balaban J connectivity index is 2.13. The molecule has 3 nitrogen and oxygen atoms in total. The van der Waals surface area contributed by atoms with E-state index in [2.05, 4.69) is 0 Å². The molecule has 0 saturated carbocycles. The number of ketones is 1. The second-order valence-corrected chi connectivity index (χ2v) is 4.60. The third-order valence-electron chi connectivity index (χ3n) is 3.19. The van der Waals surface area contributed by atoms with E-state index < -0.39 is 11.7 Å². The molecule has 0 aliphatic rings. The summed E-state index contributed by atoms with van der Waals surface area (Å²) >= 11 is 0. The average molecular weight is 283 g/mol. The van der Waals surface area contributed by atoms with Crippen molar-refractivity contribution >= 4 is 5.78 Å². The van der Waals surface area contributed by atoms with Gasteiger partial charge in [-0.25, -0.2) is 4.39 Å². The van der Waals surface area contributed by atoms with E-state index in [4.69, 9.17) is 4.74 Å². The third-order valence-corrected chi connectivity index (χ3v) is 3.19. The topological polar surface area (TPSA) is 50.1 Å². The highest BCUT2D eigenvalue weighted by Crippen LogP contribution is 2.20. The summed E-state index contributed by atoms with van der Waals surface area (Å²) in [6.07, 6.45) is 0.152. The Morgan fingerprint density at radius 1 is 1.19 bits per heavy atom. The summed E-state index contributed by atoms with van der Waals surface area (Å²) in [5.74, 6) is -0.776. The van der Waals surface area contributed by atoms with Crippen LogP contribution in [0.5, 0.6) is 5.75 Å². The summed E-state index contributed by atoms with van der Waals surface area (Å²) in [4.78, 5) is 12.2. The molecule has 1 unspecified atom stereocenters. The molecule has 2 aromatic carbocycles. The van der Waals surface area contributed by atoms with Crippen LogP contribution in [0.25, 0.3) is 0 Å². The van der Waals surface area contributed by atoms with Crippen LogP contribution in [0.15, 0.2) is 48.5 Å². The lowest BCUT2D eigenvalue weighted by atomic mass is 9.92. The number of ether oxygens (including phenoxy) is 1. The first-order chi connectivity index (χ1) is 10.1. The Morgan fingerprint density at radius 2 is 1.81 bits per heavy atom. The number of hydrogen-bond donors (Lipinski definition) is 0. The van der Waals surface area contributed by atoms with Crippen molar-refractivity contribution in [3.63, 3.8) is 0 Å². The molecule has 0 amide bonds. The van der Waals surface area contributed by atoms with Crippen molar-refractivity contribution in [3.05, 3.63) is 65.5 Å². The zero-order chi connectivity index (χ0) is 15.2. The van der Waals surface area contributed by atoms with Crippen LogP contribution in [0.2, 0.25) is 0 Å². The zero-order valence-corrected chi connectivity index (χ0v) is 11.5. The van der Waals surface area contributed by atoms with Gasteiger partial charge >= 0.3 is 0 Å². The van der Waals surface area contributed by atoms with Crippen LogP contribution in [0.4, 0.5) is 4.39 Å². The van der Waals surface area contributed by atoms with E-state index in [0.29, 0.717) is 11.3 Å². The van der Waals surface area contributed by atoms with Crippen LogP contribution >= 0.6 is 0 Å². The lowest BCUT2D eigenvalue weighted by Crippen LogP contribution is -2.13. The molecule has 0 spiro atoms. The van der Waals surface area contributed by atoms with Gasteiger partial charge in [-0.05, 0) is 35.4 Å². The number of rotatable bonds is 5. The summed E-state index contributed by atoms with van der Waals surface area (Å²) in [7, 11) is 1.57. The molecule has 0 aliphatic carbocycles. The van der Waals surface area contributed by atoms with Gasteiger partial charge in [-0.2, -0.15) is 5.26 Å². The quantitative estimate of drug-likeness (QED) is 0.846. The Bertz CT molecular complexity index is 657. The first kappa shape index (κ1) is 14.7. The number of methoxy groups -OCH3 is 1. The van der Waals surface area contributed by atoms with Gasteiger partial charge in [-0.15, -0.1) is 0 Å². The van der Waals surface area contributed by atoms with Crippen LogP contribution in [-0.2, 0) is 11.2 Å². The number of hydrogen-bond acceptors (Lipinski definition) is 3. The number of carbonyl (C=O) groups is 1. The Labute approximate surface area is 122 Å². The molecule has 0 radical (unpaired) electrons. The largest absolute Gasteiger partial charge is 0.497 e.